The highest BCUT2D eigenvalue weighted by molar-refractivity contribution is 5.96. The summed E-state index contributed by atoms with van der Waals surface area (Å²) in [4.78, 5) is 33.5. The Bertz CT molecular complexity index is 1040. The van der Waals surface area contributed by atoms with E-state index in [1.165, 1.54) is 25.5 Å². The van der Waals surface area contributed by atoms with E-state index in [0.29, 0.717) is 24.8 Å². The van der Waals surface area contributed by atoms with E-state index in [1.807, 2.05) is 30.5 Å². The number of ketones is 1. The van der Waals surface area contributed by atoms with E-state index < -0.39 is 5.92 Å². The van der Waals surface area contributed by atoms with Crippen LogP contribution >= 0.6 is 0 Å². The maximum absolute atomic E-state index is 13.0. The van der Waals surface area contributed by atoms with Gasteiger partial charge in [0.2, 0.25) is 5.78 Å². The molecule has 4 rings (SSSR count). The summed E-state index contributed by atoms with van der Waals surface area (Å²) < 4.78 is 11.3. The predicted molar refractivity (Wildman–Crippen MR) is 123 cm³/mol. The lowest BCUT2D eigenvalue weighted by Crippen LogP contribution is -2.23. The molecular formula is C26H32N2O4. The van der Waals surface area contributed by atoms with Gasteiger partial charge in [0.05, 0.1) is 18.7 Å². The lowest BCUT2D eigenvalue weighted by atomic mass is 9.89. The van der Waals surface area contributed by atoms with Crippen molar-refractivity contribution < 1.29 is 18.7 Å². The number of aromatic nitrogens is 2. The fraction of sp³-hybridized carbons (Fsp3) is 0.500. The molecular weight excluding hydrogens is 404 g/mol. The minimum atomic E-state index is -0.568. The number of ether oxygens (including phenoxy) is 1. The number of carbonyl (C=O) groups is 2. The molecule has 2 aromatic heterocycles. The molecule has 1 aliphatic rings. The SMILES string of the molecule is CCCCOC(=O)C(CC(=O)c1cnc(C2CCCCC2)o1)Cc1c[nH]c2ccccc12. The Hall–Kier alpha value is -2.89. The number of oxazole rings is 1. The van der Waals surface area contributed by atoms with Crippen LogP contribution in [-0.2, 0) is 16.0 Å². The van der Waals surface area contributed by atoms with E-state index in [-0.39, 0.29) is 23.9 Å². The Labute approximate surface area is 188 Å². The van der Waals surface area contributed by atoms with Gasteiger partial charge in [-0.1, -0.05) is 50.8 Å². The van der Waals surface area contributed by atoms with Crippen LogP contribution in [-0.4, -0.2) is 28.3 Å². The van der Waals surface area contributed by atoms with Crippen molar-refractivity contribution in [1.29, 1.82) is 0 Å². The molecule has 0 aliphatic heterocycles. The highest BCUT2D eigenvalue weighted by Crippen LogP contribution is 2.32. The van der Waals surface area contributed by atoms with Gasteiger partial charge < -0.3 is 14.1 Å². The number of unbranched alkanes of at least 4 members (excludes halogenated alkanes) is 1. The lowest BCUT2D eigenvalue weighted by Gasteiger charge is -2.18. The zero-order chi connectivity index (χ0) is 22.3. The van der Waals surface area contributed by atoms with E-state index in [9.17, 15) is 9.59 Å². The second kappa shape index (κ2) is 10.6. The van der Waals surface area contributed by atoms with Gasteiger partial charge in [0.1, 0.15) is 0 Å². The molecule has 1 unspecified atom stereocenters. The molecule has 0 radical (unpaired) electrons. The molecule has 0 bridgehead atoms. The second-order valence-corrected chi connectivity index (χ2v) is 8.81. The van der Waals surface area contributed by atoms with Crippen molar-refractivity contribution in [2.45, 2.75) is 70.6 Å². The lowest BCUT2D eigenvalue weighted by molar-refractivity contribution is -0.148. The summed E-state index contributed by atoms with van der Waals surface area (Å²) in [6.45, 7) is 2.43. The Balaban J connectivity index is 1.48. The highest BCUT2D eigenvalue weighted by Gasteiger charge is 2.28. The average molecular weight is 437 g/mol. The van der Waals surface area contributed by atoms with Gasteiger partial charge in [0.25, 0.3) is 0 Å². The first-order valence-electron chi connectivity index (χ1n) is 11.9. The van der Waals surface area contributed by atoms with Gasteiger partial charge in [-0.15, -0.1) is 0 Å². The summed E-state index contributed by atoms with van der Waals surface area (Å²) in [5, 5.41) is 1.06. The van der Waals surface area contributed by atoms with Gasteiger partial charge in [-0.05, 0) is 37.3 Å². The summed E-state index contributed by atoms with van der Waals surface area (Å²) in [5.74, 6) is 0.108. The number of Topliss-reactive ketones (excluding diaryl/α,β-unsaturated/α-hetero) is 1. The molecule has 170 valence electrons. The van der Waals surface area contributed by atoms with Crippen LogP contribution in [0.4, 0.5) is 0 Å². The first kappa shape index (κ1) is 22.3. The zero-order valence-electron chi connectivity index (χ0n) is 18.8. The van der Waals surface area contributed by atoms with Crippen LogP contribution in [0.15, 0.2) is 41.1 Å². The van der Waals surface area contributed by atoms with Crippen molar-refractivity contribution in [1.82, 2.24) is 9.97 Å². The van der Waals surface area contributed by atoms with Gasteiger partial charge >= 0.3 is 5.97 Å². The molecule has 0 spiro atoms. The first-order valence-corrected chi connectivity index (χ1v) is 11.9. The molecule has 1 fully saturated rings. The predicted octanol–water partition coefficient (Wildman–Crippen LogP) is 5.98. The van der Waals surface area contributed by atoms with Crippen molar-refractivity contribution in [3.8, 4) is 0 Å². The molecule has 2 heterocycles. The minimum absolute atomic E-state index is 0.0454. The third-order valence-corrected chi connectivity index (χ3v) is 6.40. The van der Waals surface area contributed by atoms with Crippen LogP contribution in [0, 0.1) is 5.92 Å². The molecule has 6 nitrogen and oxygen atoms in total. The minimum Gasteiger partial charge on any atom is -0.465 e. The van der Waals surface area contributed by atoms with Crippen LogP contribution in [0.3, 0.4) is 0 Å². The Morgan fingerprint density at radius 1 is 1.22 bits per heavy atom. The van der Waals surface area contributed by atoms with Crippen molar-refractivity contribution in [2.24, 2.45) is 5.92 Å². The number of H-pyrrole nitrogens is 1. The standard InChI is InChI=1S/C26H32N2O4/c1-2-3-13-31-26(30)19(14-20-16-27-22-12-8-7-11-21(20)22)15-23(29)24-17-28-25(32-24)18-9-5-4-6-10-18/h7-8,11-12,16-19,27H,2-6,9-10,13-15H2,1H3. The van der Waals surface area contributed by atoms with Gasteiger partial charge in [-0.25, -0.2) is 4.98 Å². The van der Waals surface area contributed by atoms with Crippen LogP contribution in [0.5, 0.6) is 0 Å². The molecule has 32 heavy (non-hydrogen) atoms. The summed E-state index contributed by atoms with van der Waals surface area (Å²) >= 11 is 0. The zero-order valence-corrected chi connectivity index (χ0v) is 18.8. The fourth-order valence-electron chi connectivity index (χ4n) is 4.52. The molecule has 0 saturated heterocycles. The fourth-order valence-corrected chi connectivity index (χ4v) is 4.52. The summed E-state index contributed by atoms with van der Waals surface area (Å²) in [6.07, 6.45) is 11.4. The van der Waals surface area contributed by atoms with E-state index in [0.717, 1.165) is 42.1 Å². The third kappa shape index (κ3) is 5.29. The molecule has 3 aromatic rings. The number of benzene rings is 1. The van der Waals surface area contributed by atoms with Crippen molar-refractivity contribution in [3.63, 3.8) is 0 Å². The van der Waals surface area contributed by atoms with Gasteiger partial charge in [-0.2, -0.15) is 0 Å². The number of esters is 1. The van der Waals surface area contributed by atoms with Crippen molar-refractivity contribution >= 4 is 22.7 Å². The largest absolute Gasteiger partial charge is 0.465 e. The van der Waals surface area contributed by atoms with E-state index in [4.69, 9.17) is 9.15 Å². The normalized spacial score (nSPS) is 15.7. The third-order valence-electron chi connectivity index (χ3n) is 6.40. The molecule has 1 saturated carbocycles. The van der Waals surface area contributed by atoms with Gasteiger partial charge in [0, 0.05) is 29.4 Å². The van der Waals surface area contributed by atoms with E-state index in [1.54, 1.807) is 0 Å². The van der Waals surface area contributed by atoms with Crippen LogP contribution in [0.2, 0.25) is 0 Å². The number of hydrogen-bond donors (Lipinski definition) is 1. The highest BCUT2D eigenvalue weighted by atomic mass is 16.5. The number of para-hydroxylation sites is 1. The summed E-state index contributed by atoms with van der Waals surface area (Å²) in [6, 6.07) is 7.96. The Morgan fingerprint density at radius 3 is 2.84 bits per heavy atom. The Morgan fingerprint density at radius 2 is 2.03 bits per heavy atom. The average Bonchev–Trinajstić information content (AvgIpc) is 3.47. The maximum Gasteiger partial charge on any atom is 0.309 e. The molecule has 1 N–H and O–H groups in total. The molecule has 6 heteroatoms. The number of hydrogen-bond acceptors (Lipinski definition) is 5. The maximum atomic E-state index is 13.0. The van der Waals surface area contributed by atoms with Crippen LogP contribution < -0.4 is 0 Å². The van der Waals surface area contributed by atoms with E-state index >= 15 is 0 Å². The quantitative estimate of drug-likeness (QED) is 0.240. The van der Waals surface area contributed by atoms with Gasteiger partial charge in [-0.3, -0.25) is 9.59 Å². The number of fused-ring (bicyclic) bond motifs is 1. The molecule has 0 amide bonds. The molecule has 1 atom stereocenters. The number of aromatic amines is 1. The summed E-state index contributed by atoms with van der Waals surface area (Å²) in [5.41, 5.74) is 2.02. The number of nitrogens with one attached hydrogen (secondary N) is 1. The first-order chi connectivity index (χ1) is 15.7. The number of rotatable bonds is 10. The number of nitrogens with zero attached hydrogens (tertiary/aromatic N) is 1. The monoisotopic (exact) mass is 436 g/mol. The number of carbonyl (C=O) groups excluding carboxylic acids is 2. The topological polar surface area (TPSA) is 85.2 Å². The van der Waals surface area contributed by atoms with Gasteiger partial charge in [0.15, 0.2) is 11.7 Å². The van der Waals surface area contributed by atoms with Crippen molar-refractivity contribution in [2.75, 3.05) is 6.61 Å². The second-order valence-electron chi connectivity index (χ2n) is 8.81. The van der Waals surface area contributed by atoms with Crippen LogP contribution in [0.1, 0.15) is 86.2 Å². The smallest absolute Gasteiger partial charge is 0.309 e. The molecule has 1 aliphatic carbocycles. The molecule has 1 aromatic carbocycles. The van der Waals surface area contributed by atoms with Crippen molar-refractivity contribution in [3.05, 3.63) is 53.9 Å². The summed E-state index contributed by atoms with van der Waals surface area (Å²) in [7, 11) is 0. The van der Waals surface area contributed by atoms with Crippen LogP contribution in [0.25, 0.3) is 10.9 Å². The van der Waals surface area contributed by atoms with E-state index in [2.05, 4.69) is 16.9 Å². The Kier molecular flexibility index (Phi) is 7.40.